The molecule has 0 aliphatic carbocycles. The number of amides is 4. The minimum atomic E-state index is -0.468. The lowest BCUT2D eigenvalue weighted by molar-refractivity contribution is -0.118. The van der Waals surface area contributed by atoms with Crippen LogP contribution >= 0.6 is 0 Å². The second-order valence-electron chi connectivity index (χ2n) is 7.47. The van der Waals surface area contributed by atoms with Crippen LogP contribution in [0.1, 0.15) is 21.6 Å². The first kappa shape index (κ1) is 22.7. The number of ether oxygens (including phenoxy) is 2. The molecular formula is C24H21FN4O5. The molecule has 4 amide bonds. The molecule has 0 unspecified atom stereocenters. The molecular weight excluding hydrogens is 443 g/mol. The summed E-state index contributed by atoms with van der Waals surface area (Å²) in [6.07, 6.45) is 1.51. The molecule has 1 aliphatic rings. The second kappa shape index (κ2) is 9.99. The molecule has 10 heteroatoms. The van der Waals surface area contributed by atoms with Crippen LogP contribution in [-0.2, 0) is 17.9 Å². The molecule has 4 rings (SSSR count). The number of carbonyl (C=O) groups is 3. The Morgan fingerprint density at radius 2 is 1.88 bits per heavy atom. The van der Waals surface area contributed by atoms with Crippen LogP contribution in [0, 0.1) is 5.82 Å². The summed E-state index contributed by atoms with van der Waals surface area (Å²) in [5, 5.41) is 5.01. The second-order valence-corrected chi connectivity index (χ2v) is 7.47. The highest BCUT2D eigenvalue weighted by Gasteiger charge is 2.27. The number of methoxy groups -OCH3 is 1. The lowest BCUT2D eigenvalue weighted by atomic mass is 10.1. The Labute approximate surface area is 194 Å². The lowest BCUT2D eigenvalue weighted by Gasteiger charge is -2.15. The van der Waals surface area contributed by atoms with Gasteiger partial charge in [-0.1, -0.05) is 6.07 Å². The number of benzene rings is 2. The van der Waals surface area contributed by atoms with Gasteiger partial charge in [0, 0.05) is 6.54 Å². The van der Waals surface area contributed by atoms with Crippen molar-refractivity contribution >= 4 is 17.8 Å². The van der Waals surface area contributed by atoms with Gasteiger partial charge in [-0.25, -0.2) is 9.18 Å². The molecule has 1 fully saturated rings. The highest BCUT2D eigenvalue weighted by molar-refractivity contribution is 6.02. The number of urea groups is 1. The summed E-state index contributed by atoms with van der Waals surface area (Å²) in [6.45, 7) is 0.309. The van der Waals surface area contributed by atoms with E-state index < -0.39 is 6.03 Å². The van der Waals surface area contributed by atoms with Crippen LogP contribution in [0.2, 0.25) is 0 Å². The maximum absolute atomic E-state index is 13.0. The number of aromatic nitrogens is 1. The van der Waals surface area contributed by atoms with Gasteiger partial charge in [0.2, 0.25) is 5.91 Å². The Bertz CT molecular complexity index is 1220. The van der Waals surface area contributed by atoms with Crippen molar-refractivity contribution in [3.05, 3.63) is 83.4 Å². The third-order valence-electron chi connectivity index (χ3n) is 5.03. The molecule has 1 saturated heterocycles. The van der Waals surface area contributed by atoms with Crippen molar-refractivity contribution in [1.29, 1.82) is 0 Å². The molecule has 2 N–H and O–H groups in total. The zero-order valence-corrected chi connectivity index (χ0v) is 18.2. The molecule has 0 radical (unpaired) electrons. The highest BCUT2D eigenvalue weighted by atomic mass is 19.1. The molecule has 3 aromatic rings. The first-order valence-corrected chi connectivity index (χ1v) is 10.3. The molecule has 2 heterocycles. The molecule has 0 spiro atoms. The Balaban J connectivity index is 1.38. The van der Waals surface area contributed by atoms with E-state index in [0.29, 0.717) is 34.1 Å². The molecule has 34 heavy (non-hydrogen) atoms. The van der Waals surface area contributed by atoms with Gasteiger partial charge >= 0.3 is 6.03 Å². The fraction of sp³-hybridized carbons (Fsp3) is 0.167. The van der Waals surface area contributed by atoms with Crippen molar-refractivity contribution in [1.82, 2.24) is 20.5 Å². The summed E-state index contributed by atoms with van der Waals surface area (Å²) < 4.78 is 23.9. The van der Waals surface area contributed by atoms with E-state index in [1.54, 1.807) is 30.3 Å². The van der Waals surface area contributed by atoms with Crippen LogP contribution in [0.15, 0.2) is 60.8 Å². The van der Waals surface area contributed by atoms with Gasteiger partial charge < -0.3 is 19.7 Å². The summed E-state index contributed by atoms with van der Waals surface area (Å²) in [6, 6.07) is 13.6. The van der Waals surface area contributed by atoms with E-state index in [0.717, 1.165) is 0 Å². The topological polar surface area (TPSA) is 110 Å². The maximum Gasteiger partial charge on any atom is 0.324 e. The summed E-state index contributed by atoms with van der Waals surface area (Å²) >= 11 is 0. The quantitative estimate of drug-likeness (QED) is 0.496. The van der Waals surface area contributed by atoms with Crippen LogP contribution in [0.4, 0.5) is 9.18 Å². The molecule has 1 aliphatic heterocycles. The number of hydrogen-bond acceptors (Lipinski definition) is 6. The molecule has 174 valence electrons. The van der Waals surface area contributed by atoms with Gasteiger partial charge in [0.25, 0.3) is 5.91 Å². The summed E-state index contributed by atoms with van der Waals surface area (Å²) in [4.78, 5) is 41.6. The number of imide groups is 1. The molecule has 9 nitrogen and oxygen atoms in total. The van der Waals surface area contributed by atoms with Gasteiger partial charge in [-0.3, -0.25) is 19.9 Å². The van der Waals surface area contributed by atoms with Gasteiger partial charge in [0.1, 0.15) is 29.6 Å². The Hall–Kier alpha value is -4.47. The van der Waals surface area contributed by atoms with Crippen LogP contribution in [0.25, 0.3) is 0 Å². The zero-order chi connectivity index (χ0) is 24.1. The van der Waals surface area contributed by atoms with Crippen LogP contribution in [-0.4, -0.2) is 41.4 Å². The standard InChI is InChI=1S/C24H21FN4O5/c1-33-21-9-2-15(13-29-14-22(30)28-24(29)32)10-20(21)23(31)27-11-17-5-8-19(12-26-17)34-18-6-3-16(25)4-7-18/h2-10,12H,11,13-14H2,1H3,(H,27,31)(H,28,30,32). The number of nitrogens with zero attached hydrogens (tertiary/aromatic N) is 2. The van der Waals surface area contributed by atoms with Crippen molar-refractivity contribution in [2.75, 3.05) is 13.7 Å². The first-order chi connectivity index (χ1) is 16.4. The third kappa shape index (κ3) is 5.47. The molecule has 0 saturated carbocycles. The van der Waals surface area contributed by atoms with Gasteiger partial charge in [0.05, 0.1) is 31.1 Å². The van der Waals surface area contributed by atoms with Crippen molar-refractivity contribution in [2.24, 2.45) is 0 Å². The van der Waals surface area contributed by atoms with Gasteiger partial charge in [-0.05, 0) is 54.1 Å². The predicted molar refractivity (Wildman–Crippen MR) is 119 cm³/mol. The Morgan fingerprint density at radius 1 is 1.12 bits per heavy atom. The van der Waals surface area contributed by atoms with Crippen LogP contribution in [0.5, 0.6) is 17.2 Å². The Kier molecular flexibility index (Phi) is 6.67. The average Bonchev–Trinajstić information content (AvgIpc) is 3.16. The normalized spacial score (nSPS) is 12.9. The zero-order valence-electron chi connectivity index (χ0n) is 18.2. The number of rotatable bonds is 8. The summed E-state index contributed by atoms with van der Waals surface area (Å²) in [7, 11) is 1.46. The Morgan fingerprint density at radius 3 is 2.53 bits per heavy atom. The number of carbonyl (C=O) groups excluding carboxylic acids is 3. The number of nitrogens with one attached hydrogen (secondary N) is 2. The highest BCUT2D eigenvalue weighted by Crippen LogP contribution is 2.23. The van der Waals surface area contributed by atoms with Gasteiger partial charge in [-0.15, -0.1) is 0 Å². The minimum absolute atomic E-state index is 0.0288. The average molecular weight is 464 g/mol. The third-order valence-corrected chi connectivity index (χ3v) is 5.03. The molecule has 0 atom stereocenters. The number of pyridine rings is 1. The van der Waals surface area contributed by atoms with E-state index in [1.165, 1.54) is 42.5 Å². The number of hydrogen-bond donors (Lipinski definition) is 2. The van der Waals surface area contributed by atoms with Crippen molar-refractivity contribution in [3.63, 3.8) is 0 Å². The van der Waals surface area contributed by atoms with Crippen LogP contribution in [0.3, 0.4) is 0 Å². The smallest absolute Gasteiger partial charge is 0.324 e. The predicted octanol–water partition coefficient (Wildman–Crippen LogP) is 3.00. The van der Waals surface area contributed by atoms with E-state index in [2.05, 4.69) is 15.6 Å². The lowest BCUT2D eigenvalue weighted by Crippen LogP contribution is -2.28. The molecule has 0 bridgehead atoms. The minimum Gasteiger partial charge on any atom is -0.496 e. The van der Waals surface area contributed by atoms with Crippen LogP contribution < -0.4 is 20.1 Å². The molecule has 2 aromatic carbocycles. The maximum atomic E-state index is 13.0. The fourth-order valence-corrected chi connectivity index (χ4v) is 3.34. The fourth-order valence-electron chi connectivity index (χ4n) is 3.34. The van der Waals surface area contributed by atoms with E-state index in [9.17, 15) is 18.8 Å². The van der Waals surface area contributed by atoms with E-state index in [-0.39, 0.29) is 37.3 Å². The summed E-state index contributed by atoms with van der Waals surface area (Å²) in [5.74, 6) is 0.231. The first-order valence-electron chi connectivity index (χ1n) is 10.3. The van der Waals surface area contributed by atoms with Crippen molar-refractivity contribution in [2.45, 2.75) is 13.1 Å². The van der Waals surface area contributed by atoms with Gasteiger partial charge in [0.15, 0.2) is 0 Å². The van der Waals surface area contributed by atoms with E-state index >= 15 is 0 Å². The van der Waals surface area contributed by atoms with E-state index in [1.807, 2.05) is 0 Å². The largest absolute Gasteiger partial charge is 0.496 e. The monoisotopic (exact) mass is 464 g/mol. The number of halogens is 1. The van der Waals surface area contributed by atoms with Crippen molar-refractivity contribution < 1.29 is 28.2 Å². The SMILES string of the molecule is COc1ccc(CN2CC(=O)NC2=O)cc1C(=O)NCc1ccc(Oc2ccc(F)cc2)cn1. The van der Waals surface area contributed by atoms with Crippen molar-refractivity contribution in [3.8, 4) is 17.2 Å². The van der Waals surface area contributed by atoms with E-state index in [4.69, 9.17) is 9.47 Å². The summed E-state index contributed by atoms with van der Waals surface area (Å²) in [5.41, 5.74) is 1.57. The van der Waals surface area contributed by atoms with Gasteiger partial charge in [-0.2, -0.15) is 0 Å². The molecule has 1 aromatic heterocycles.